The maximum Gasteiger partial charge on any atom is 0.306 e. The average Bonchev–Trinajstić information content (AvgIpc) is 3.51. The van der Waals surface area contributed by atoms with Crippen LogP contribution in [0.15, 0.2) is 35.7 Å². The average molecular weight is 674 g/mol. The van der Waals surface area contributed by atoms with Gasteiger partial charge in [-0.05, 0) is 44.3 Å². The van der Waals surface area contributed by atoms with Crippen molar-refractivity contribution < 1.29 is 33.8 Å². The predicted molar refractivity (Wildman–Crippen MR) is 181 cm³/mol. The molecule has 0 aliphatic rings. The summed E-state index contributed by atoms with van der Waals surface area (Å²) in [6.07, 6.45) is 2.10. The molecular formula is C34H51N5O7S. The Morgan fingerprint density at radius 3 is 2.32 bits per heavy atom. The van der Waals surface area contributed by atoms with E-state index in [4.69, 9.17) is 4.74 Å². The van der Waals surface area contributed by atoms with Crippen LogP contribution in [0.25, 0.3) is 0 Å². The monoisotopic (exact) mass is 673 g/mol. The lowest BCUT2D eigenvalue weighted by atomic mass is 9.96. The lowest BCUT2D eigenvalue weighted by Gasteiger charge is -2.33. The number of amides is 3. The van der Waals surface area contributed by atoms with Gasteiger partial charge < -0.3 is 25.4 Å². The van der Waals surface area contributed by atoms with E-state index < -0.39 is 35.9 Å². The zero-order valence-electron chi connectivity index (χ0n) is 28.7. The summed E-state index contributed by atoms with van der Waals surface area (Å²) in [5.74, 6) is -3.16. The van der Waals surface area contributed by atoms with Crippen molar-refractivity contribution in [1.29, 1.82) is 0 Å². The summed E-state index contributed by atoms with van der Waals surface area (Å²) in [7, 11) is 3.52. The Bertz CT molecular complexity index is 1320. The SMILES string of the molecule is CCCCN(C)CC(=O)NCC(=O)N(C)C(CC(OC(C)=O)c1nc(C(=O)N[C@@H](Cc2ccccc2)CC(C)C(=O)O)cs1)C(C)C. The van der Waals surface area contributed by atoms with E-state index in [-0.39, 0.29) is 55.4 Å². The van der Waals surface area contributed by atoms with Gasteiger partial charge in [0, 0.05) is 37.9 Å². The number of benzene rings is 1. The molecule has 1 heterocycles. The molecule has 1 aromatic heterocycles. The number of unbranched alkanes of at least 4 members (excludes halogenated alkanes) is 1. The molecule has 0 fully saturated rings. The molecule has 3 N–H and O–H groups in total. The second kappa shape index (κ2) is 19.7. The molecule has 13 heteroatoms. The summed E-state index contributed by atoms with van der Waals surface area (Å²) in [6.45, 7) is 9.71. The van der Waals surface area contributed by atoms with Crippen LogP contribution >= 0.6 is 11.3 Å². The van der Waals surface area contributed by atoms with E-state index in [2.05, 4.69) is 22.5 Å². The first kappa shape index (κ1) is 39.3. The molecule has 0 aliphatic heterocycles. The Morgan fingerprint density at radius 2 is 1.72 bits per heavy atom. The maximum atomic E-state index is 13.3. The lowest BCUT2D eigenvalue weighted by Crippen LogP contribution is -2.47. The normalized spacial score (nSPS) is 13.8. The molecule has 3 unspecified atom stereocenters. The van der Waals surface area contributed by atoms with Crippen LogP contribution in [0.4, 0.5) is 0 Å². The van der Waals surface area contributed by atoms with Crippen LogP contribution in [0, 0.1) is 11.8 Å². The van der Waals surface area contributed by atoms with E-state index in [9.17, 15) is 29.1 Å². The number of carbonyl (C=O) groups excluding carboxylic acids is 4. The van der Waals surface area contributed by atoms with Crippen molar-refractivity contribution in [1.82, 2.24) is 25.4 Å². The van der Waals surface area contributed by atoms with Crippen LogP contribution in [0.5, 0.6) is 0 Å². The summed E-state index contributed by atoms with van der Waals surface area (Å²) < 4.78 is 5.65. The van der Waals surface area contributed by atoms with E-state index in [1.165, 1.54) is 18.3 Å². The Hall–Kier alpha value is -3.84. The number of aromatic nitrogens is 1. The van der Waals surface area contributed by atoms with Crippen LogP contribution in [-0.4, -0.2) is 95.4 Å². The first-order valence-corrected chi connectivity index (χ1v) is 17.0. The first-order chi connectivity index (χ1) is 22.2. The quantitative estimate of drug-likeness (QED) is 0.177. The molecule has 4 atom stereocenters. The molecule has 0 saturated carbocycles. The van der Waals surface area contributed by atoms with Gasteiger partial charge in [-0.2, -0.15) is 0 Å². The van der Waals surface area contributed by atoms with Crippen molar-refractivity contribution in [2.75, 3.05) is 33.7 Å². The summed E-state index contributed by atoms with van der Waals surface area (Å²) in [5.41, 5.74) is 1.09. The highest BCUT2D eigenvalue weighted by atomic mass is 32.1. The molecule has 0 radical (unpaired) electrons. The molecule has 1 aromatic carbocycles. The van der Waals surface area contributed by atoms with Crippen molar-refractivity contribution >= 4 is 41.0 Å². The Morgan fingerprint density at radius 1 is 1.04 bits per heavy atom. The van der Waals surface area contributed by atoms with Gasteiger partial charge in [-0.25, -0.2) is 4.98 Å². The fourth-order valence-corrected chi connectivity index (χ4v) is 6.05. The molecule has 47 heavy (non-hydrogen) atoms. The zero-order valence-corrected chi connectivity index (χ0v) is 29.5. The van der Waals surface area contributed by atoms with Gasteiger partial charge in [0.1, 0.15) is 10.7 Å². The number of aliphatic carboxylic acids is 1. The summed E-state index contributed by atoms with van der Waals surface area (Å²) in [4.78, 5) is 70.5. The first-order valence-electron chi connectivity index (χ1n) is 16.1. The van der Waals surface area contributed by atoms with Crippen molar-refractivity contribution in [2.45, 2.75) is 84.9 Å². The summed E-state index contributed by atoms with van der Waals surface area (Å²) in [6, 6.07) is 8.68. The second-order valence-electron chi connectivity index (χ2n) is 12.4. The number of esters is 1. The van der Waals surface area contributed by atoms with Gasteiger partial charge in [0.25, 0.3) is 5.91 Å². The van der Waals surface area contributed by atoms with Crippen molar-refractivity contribution in [3.63, 3.8) is 0 Å². The van der Waals surface area contributed by atoms with E-state index in [0.717, 1.165) is 24.9 Å². The molecule has 2 aromatic rings. The van der Waals surface area contributed by atoms with Crippen LogP contribution in [-0.2, 0) is 30.3 Å². The molecule has 3 amide bonds. The smallest absolute Gasteiger partial charge is 0.306 e. The third kappa shape index (κ3) is 13.8. The number of carboxylic acids is 1. The zero-order chi connectivity index (χ0) is 35.1. The van der Waals surface area contributed by atoms with Crippen LogP contribution in [0.1, 0.15) is 87.5 Å². The fourth-order valence-electron chi connectivity index (χ4n) is 5.21. The molecule has 12 nitrogen and oxygen atoms in total. The van der Waals surface area contributed by atoms with Crippen molar-refractivity contribution in [3.8, 4) is 0 Å². The third-order valence-electron chi connectivity index (χ3n) is 7.92. The minimum Gasteiger partial charge on any atom is -0.481 e. The van der Waals surface area contributed by atoms with E-state index in [1.807, 2.05) is 56.1 Å². The minimum absolute atomic E-state index is 0.0319. The lowest BCUT2D eigenvalue weighted by molar-refractivity contribution is -0.148. The number of rotatable bonds is 20. The molecule has 2 rings (SSSR count). The van der Waals surface area contributed by atoms with E-state index in [1.54, 1.807) is 24.3 Å². The predicted octanol–water partition coefficient (Wildman–Crippen LogP) is 3.92. The fraction of sp³-hybridized carbons (Fsp3) is 0.588. The summed E-state index contributed by atoms with van der Waals surface area (Å²) >= 11 is 1.17. The number of ether oxygens (including phenoxy) is 1. The second-order valence-corrected chi connectivity index (χ2v) is 13.3. The maximum absolute atomic E-state index is 13.3. The largest absolute Gasteiger partial charge is 0.481 e. The van der Waals surface area contributed by atoms with Crippen LogP contribution in [0.3, 0.4) is 0 Å². The van der Waals surface area contributed by atoms with Crippen molar-refractivity contribution in [2.24, 2.45) is 11.8 Å². The topological polar surface area (TPSA) is 158 Å². The number of nitrogens with zero attached hydrogens (tertiary/aromatic N) is 3. The molecular weight excluding hydrogens is 622 g/mol. The number of carbonyl (C=O) groups is 5. The highest BCUT2D eigenvalue weighted by Crippen LogP contribution is 2.30. The van der Waals surface area contributed by atoms with Gasteiger partial charge in [-0.15, -0.1) is 11.3 Å². The highest BCUT2D eigenvalue weighted by Gasteiger charge is 2.31. The van der Waals surface area contributed by atoms with E-state index >= 15 is 0 Å². The van der Waals surface area contributed by atoms with Gasteiger partial charge >= 0.3 is 11.9 Å². The van der Waals surface area contributed by atoms with Gasteiger partial charge in [-0.3, -0.25) is 28.9 Å². The molecule has 0 bridgehead atoms. The van der Waals surface area contributed by atoms with Gasteiger partial charge in [0.05, 0.1) is 19.0 Å². The number of carboxylic acid groups (broad SMARTS) is 1. The van der Waals surface area contributed by atoms with Crippen LogP contribution < -0.4 is 10.6 Å². The third-order valence-corrected chi connectivity index (χ3v) is 8.85. The number of thiazole rings is 1. The standard InChI is InChI=1S/C34H51N5O7S/c1-8-9-15-38(6)20-30(41)35-19-31(42)39(7)28(22(2)3)18-29(46-24(5)40)33-37-27(21-47-33)32(43)36-26(16-23(4)34(44)45)17-25-13-11-10-12-14-25/h10-14,21-23,26,28-29H,8-9,15-20H2,1-7H3,(H,35,41)(H,36,43)(H,44,45)/t23?,26-,28?,29?/m1/s1. The summed E-state index contributed by atoms with van der Waals surface area (Å²) in [5, 5.41) is 17.1. The van der Waals surface area contributed by atoms with E-state index in [0.29, 0.717) is 11.4 Å². The molecule has 260 valence electrons. The van der Waals surface area contributed by atoms with Crippen molar-refractivity contribution in [3.05, 3.63) is 52.0 Å². The van der Waals surface area contributed by atoms with Gasteiger partial charge in [0.2, 0.25) is 11.8 Å². The Kier molecular flexibility index (Phi) is 16.5. The Labute approximate surface area is 282 Å². The molecule has 0 saturated heterocycles. The van der Waals surface area contributed by atoms with Gasteiger partial charge in [0.15, 0.2) is 6.10 Å². The number of hydrogen-bond donors (Lipinski definition) is 3. The number of likely N-dealkylation sites (N-methyl/N-ethyl adjacent to an activating group) is 2. The minimum atomic E-state index is -0.946. The Balaban J connectivity index is 2.15. The number of hydrogen-bond acceptors (Lipinski definition) is 9. The molecule has 0 aliphatic carbocycles. The van der Waals surface area contributed by atoms with Crippen LogP contribution in [0.2, 0.25) is 0 Å². The number of nitrogens with one attached hydrogen (secondary N) is 2. The highest BCUT2D eigenvalue weighted by molar-refractivity contribution is 7.09. The molecule has 0 spiro atoms. The van der Waals surface area contributed by atoms with Gasteiger partial charge in [-0.1, -0.05) is 64.4 Å².